The molecule has 22 heavy (non-hydrogen) atoms. The zero-order valence-corrected chi connectivity index (χ0v) is 13.4. The standard InChI is InChI=1S/C18H22N2O2/c1-18(2,3)22-17(21)20-11-9-13(12-20)14-8-10-19-16-7-5-4-6-15(14)16/h4-8,10,13H,9,11-12H2,1-3H3. The van der Waals surface area contributed by atoms with Crippen LogP contribution in [0.15, 0.2) is 36.5 Å². The molecule has 1 saturated heterocycles. The van der Waals surface area contributed by atoms with Crippen molar-refractivity contribution in [3.05, 3.63) is 42.1 Å². The Morgan fingerprint density at radius 2 is 2.05 bits per heavy atom. The summed E-state index contributed by atoms with van der Waals surface area (Å²) in [5, 5.41) is 1.18. The fourth-order valence-corrected chi connectivity index (χ4v) is 2.98. The van der Waals surface area contributed by atoms with Gasteiger partial charge in [-0.2, -0.15) is 0 Å². The first-order valence-electron chi connectivity index (χ1n) is 7.75. The number of hydrogen-bond acceptors (Lipinski definition) is 3. The summed E-state index contributed by atoms with van der Waals surface area (Å²) in [4.78, 5) is 18.4. The molecule has 1 aromatic carbocycles. The second-order valence-corrected chi connectivity index (χ2v) is 6.83. The molecule has 1 atom stereocenters. The smallest absolute Gasteiger partial charge is 0.410 e. The molecule has 1 amide bonds. The van der Waals surface area contributed by atoms with Crippen LogP contribution in [0.1, 0.15) is 38.7 Å². The Kier molecular flexibility index (Phi) is 3.77. The normalized spacial score (nSPS) is 18.7. The fourth-order valence-electron chi connectivity index (χ4n) is 2.98. The summed E-state index contributed by atoms with van der Waals surface area (Å²) >= 11 is 0. The molecule has 0 aliphatic carbocycles. The first kappa shape index (κ1) is 14.8. The highest BCUT2D eigenvalue weighted by atomic mass is 16.6. The van der Waals surface area contributed by atoms with Gasteiger partial charge in [0.15, 0.2) is 0 Å². The van der Waals surface area contributed by atoms with Crippen LogP contribution in [-0.2, 0) is 4.74 Å². The monoisotopic (exact) mass is 298 g/mol. The molecule has 4 nitrogen and oxygen atoms in total. The number of hydrogen-bond donors (Lipinski definition) is 0. The van der Waals surface area contributed by atoms with Crippen molar-refractivity contribution in [2.75, 3.05) is 13.1 Å². The van der Waals surface area contributed by atoms with Gasteiger partial charge in [-0.1, -0.05) is 18.2 Å². The first-order chi connectivity index (χ1) is 10.4. The highest BCUT2D eigenvalue weighted by Gasteiger charge is 2.31. The number of pyridine rings is 1. The molecule has 116 valence electrons. The van der Waals surface area contributed by atoms with Crippen LogP contribution >= 0.6 is 0 Å². The summed E-state index contributed by atoms with van der Waals surface area (Å²) in [6.45, 7) is 7.15. The Morgan fingerprint density at radius 3 is 2.82 bits per heavy atom. The number of aromatic nitrogens is 1. The summed E-state index contributed by atoms with van der Waals surface area (Å²) in [6.07, 6.45) is 2.61. The predicted octanol–water partition coefficient (Wildman–Crippen LogP) is 3.96. The van der Waals surface area contributed by atoms with Gasteiger partial charge in [0.05, 0.1) is 5.52 Å². The molecule has 0 N–H and O–H groups in total. The number of nitrogens with zero attached hydrogens (tertiary/aromatic N) is 2. The van der Waals surface area contributed by atoms with Crippen LogP contribution in [0.2, 0.25) is 0 Å². The molecule has 1 unspecified atom stereocenters. The van der Waals surface area contributed by atoms with E-state index < -0.39 is 5.60 Å². The number of carbonyl (C=O) groups is 1. The van der Waals surface area contributed by atoms with Crippen molar-refractivity contribution < 1.29 is 9.53 Å². The van der Waals surface area contributed by atoms with E-state index in [1.165, 1.54) is 10.9 Å². The molecule has 1 aromatic heterocycles. The van der Waals surface area contributed by atoms with Crippen LogP contribution in [0.25, 0.3) is 10.9 Å². The molecular weight excluding hydrogens is 276 g/mol. The topological polar surface area (TPSA) is 42.4 Å². The highest BCUT2D eigenvalue weighted by molar-refractivity contribution is 5.82. The Balaban J connectivity index is 1.79. The second kappa shape index (κ2) is 5.59. The summed E-state index contributed by atoms with van der Waals surface area (Å²) in [7, 11) is 0. The Hall–Kier alpha value is -2.10. The van der Waals surface area contributed by atoms with Crippen molar-refractivity contribution in [3.63, 3.8) is 0 Å². The van der Waals surface area contributed by atoms with Crippen molar-refractivity contribution in [1.29, 1.82) is 0 Å². The first-order valence-corrected chi connectivity index (χ1v) is 7.75. The predicted molar refractivity (Wildman–Crippen MR) is 86.9 cm³/mol. The highest BCUT2D eigenvalue weighted by Crippen LogP contribution is 2.32. The minimum absolute atomic E-state index is 0.214. The van der Waals surface area contributed by atoms with Crippen molar-refractivity contribution >= 4 is 17.0 Å². The van der Waals surface area contributed by atoms with Gasteiger partial charge in [0.2, 0.25) is 0 Å². The van der Waals surface area contributed by atoms with Crippen LogP contribution in [0.4, 0.5) is 4.79 Å². The number of benzene rings is 1. The lowest BCUT2D eigenvalue weighted by Gasteiger charge is -2.24. The molecule has 0 bridgehead atoms. The summed E-state index contributed by atoms with van der Waals surface area (Å²) in [6, 6.07) is 10.2. The van der Waals surface area contributed by atoms with Gasteiger partial charge in [-0.15, -0.1) is 0 Å². The summed E-state index contributed by atoms with van der Waals surface area (Å²) in [5.41, 5.74) is 1.84. The van der Waals surface area contributed by atoms with Crippen LogP contribution in [0.3, 0.4) is 0 Å². The molecule has 1 aliphatic heterocycles. The van der Waals surface area contributed by atoms with Crippen LogP contribution < -0.4 is 0 Å². The lowest BCUT2D eigenvalue weighted by Crippen LogP contribution is -2.35. The van der Waals surface area contributed by atoms with Crippen molar-refractivity contribution in [1.82, 2.24) is 9.88 Å². The molecule has 0 saturated carbocycles. The molecule has 2 aromatic rings. The number of amides is 1. The molecule has 0 spiro atoms. The minimum atomic E-state index is -0.446. The third-order valence-corrected chi connectivity index (χ3v) is 3.96. The molecule has 4 heteroatoms. The number of para-hydroxylation sites is 1. The molecule has 2 heterocycles. The van der Waals surface area contributed by atoms with Gasteiger partial charge < -0.3 is 9.64 Å². The van der Waals surface area contributed by atoms with E-state index in [2.05, 4.69) is 17.1 Å². The van der Waals surface area contributed by atoms with E-state index in [4.69, 9.17) is 4.74 Å². The summed E-state index contributed by atoms with van der Waals surface area (Å²) < 4.78 is 5.47. The SMILES string of the molecule is CC(C)(C)OC(=O)N1CCC(c2ccnc3ccccc23)C1. The van der Waals surface area contributed by atoms with Crippen LogP contribution in [-0.4, -0.2) is 34.7 Å². The quantitative estimate of drug-likeness (QED) is 0.800. The summed E-state index contributed by atoms with van der Waals surface area (Å²) in [5.74, 6) is 0.348. The zero-order valence-electron chi connectivity index (χ0n) is 13.4. The van der Waals surface area contributed by atoms with Gasteiger partial charge in [-0.05, 0) is 44.9 Å². The number of rotatable bonds is 1. The van der Waals surface area contributed by atoms with Crippen LogP contribution in [0, 0.1) is 0 Å². The second-order valence-electron chi connectivity index (χ2n) is 6.83. The van der Waals surface area contributed by atoms with E-state index in [0.717, 1.165) is 18.5 Å². The lowest BCUT2D eigenvalue weighted by atomic mass is 9.95. The van der Waals surface area contributed by atoms with Gasteiger partial charge in [0.25, 0.3) is 0 Å². The minimum Gasteiger partial charge on any atom is -0.444 e. The van der Waals surface area contributed by atoms with E-state index >= 15 is 0 Å². The van der Waals surface area contributed by atoms with Crippen LogP contribution in [0.5, 0.6) is 0 Å². The van der Waals surface area contributed by atoms with Crippen molar-refractivity contribution in [2.24, 2.45) is 0 Å². The van der Waals surface area contributed by atoms with Crippen molar-refractivity contribution in [3.8, 4) is 0 Å². The fraction of sp³-hybridized carbons (Fsp3) is 0.444. The van der Waals surface area contributed by atoms with Gasteiger partial charge in [-0.25, -0.2) is 4.79 Å². The maximum atomic E-state index is 12.2. The number of fused-ring (bicyclic) bond motifs is 1. The van der Waals surface area contributed by atoms with E-state index in [0.29, 0.717) is 12.5 Å². The number of carbonyl (C=O) groups excluding carboxylic acids is 1. The zero-order chi connectivity index (χ0) is 15.7. The molecular formula is C18H22N2O2. The average molecular weight is 298 g/mol. The molecule has 1 aliphatic rings. The van der Waals surface area contributed by atoms with E-state index in [-0.39, 0.29) is 6.09 Å². The lowest BCUT2D eigenvalue weighted by molar-refractivity contribution is 0.0292. The molecule has 3 rings (SSSR count). The largest absolute Gasteiger partial charge is 0.444 e. The third-order valence-electron chi connectivity index (χ3n) is 3.96. The maximum absolute atomic E-state index is 12.2. The average Bonchev–Trinajstić information content (AvgIpc) is 2.94. The van der Waals surface area contributed by atoms with Gasteiger partial charge in [0, 0.05) is 30.6 Å². The van der Waals surface area contributed by atoms with E-state index in [1.54, 1.807) is 0 Å². The maximum Gasteiger partial charge on any atom is 0.410 e. The number of likely N-dealkylation sites (tertiary alicyclic amines) is 1. The Bertz CT molecular complexity index is 686. The Morgan fingerprint density at radius 1 is 1.27 bits per heavy atom. The third kappa shape index (κ3) is 3.06. The van der Waals surface area contributed by atoms with E-state index in [1.807, 2.05) is 50.1 Å². The van der Waals surface area contributed by atoms with Gasteiger partial charge in [0.1, 0.15) is 5.60 Å². The number of ether oxygens (including phenoxy) is 1. The molecule has 0 radical (unpaired) electrons. The van der Waals surface area contributed by atoms with E-state index in [9.17, 15) is 4.79 Å². The van der Waals surface area contributed by atoms with Crippen molar-refractivity contribution in [2.45, 2.75) is 38.7 Å². The van der Waals surface area contributed by atoms with Gasteiger partial charge in [-0.3, -0.25) is 4.98 Å². The molecule has 1 fully saturated rings. The Labute approximate surface area is 131 Å². The van der Waals surface area contributed by atoms with Gasteiger partial charge >= 0.3 is 6.09 Å².